The summed E-state index contributed by atoms with van der Waals surface area (Å²) in [7, 11) is 0. The monoisotopic (exact) mass is 172 g/mol. The molecule has 0 rings (SSSR count). The van der Waals surface area contributed by atoms with Crippen LogP contribution in [-0.2, 0) is 9.63 Å². The zero-order chi connectivity index (χ0) is 9.94. The maximum absolute atomic E-state index is 10.9. The predicted octanol–water partition coefficient (Wildman–Crippen LogP) is 1.60. The minimum atomic E-state index is -0.745. The first kappa shape index (κ1) is 10.8. The molecule has 0 aromatic rings. The molecule has 0 aliphatic carbocycles. The summed E-state index contributed by atoms with van der Waals surface area (Å²) in [6.45, 7) is 9.84. The molecule has 0 spiro atoms. The van der Waals surface area contributed by atoms with Crippen LogP contribution in [0.4, 0.5) is 0 Å². The number of carbonyl (C=O) groups is 1. The van der Waals surface area contributed by atoms with Gasteiger partial charge >= 0.3 is 10.8 Å². The van der Waals surface area contributed by atoms with Crippen LogP contribution in [0.25, 0.3) is 0 Å². The van der Waals surface area contributed by atoms with Gasteiger partial charge in [0.15, 0.2) is 5.60 Å². The average Bonchev–Trinajstić information content (AvgIpc) is 1.82. The minimum Gasteiger partial charge on any atom is -0.218 e. The lowest BCUT2D eigenvalue weighted by molar-refractivity contribution is -0.756. The number of nitrogens with zero attached hydrogens (tertiary/aromatic N) is 1. The molecular formula is C8H14NO3+. The lowest BCUT2D eigenvalue weighted by atomic mass is 10.2. The topological polar surface area (TPSA) is 46.4 Å². The first-order valence-corrected chi connectivity index (χ1v) is 3.60. The molecule has 0 aromatic heterocycles. The van der Waals surface area contributed by atoms with Gasteiger partial charge in [0.25, 0.3) is 0 Å². The Morgan fingerprint density at radius 1 is 1.42 bits per heavy atom. The van der Waals surface area contributed by atoms with E-state index in [0.29, 0.717) is 0 Å². The van der Waals surface area contributed by atoms with Crippen molar-refractivity contribution in [3.05, 3.63) is 17.1 Å². The molecule has 0 N–H and O–H groups in total. The third-order valence-corrected chi connectivity index (χ3v) is 0.888. The Kier molecular flexibility index (Phi) is 3.13. The van der Waals surface area contributed by atoms with Crippen molar-refractivity contribution in [2.24, 2.45) is 0 Å². The second kappa shape index (κ2) is 3.47. The Hall–Kier alpha value is -1.19. The van der Waals surface area contributed by atoms with E-state index in [9.17, 15) is 9.70 Å². The largest absolute Gasteiger partial charge is 0.517 e. The van der Waals surface area contributed by atoms with Crippen molar-refractivity contribution < 1.29 is 14.6 Å². The zero-order valence-corrected chi connectivity index (χ0v) is 7.88. The van der Waals surface area contributed by atoms with Crippen LogP contribution in [0.3, 0.4) is 0 Å². The van der Waals surface area contributed by atoms with Gasteiger partial charge in [-0.1, -0.05) is 6.58 Å². The summed E-state index contributed by atoms with van der Waals surface area (Å²) in [6, 6.07) is 0. The summed E-state index contributed by atoms with van der Waals surface area (Å²) >= 11 is 0. The van der Waals surface area contributed by atoms with E-state index in [1.54, 1.807) is 20.8 Å². The summed E-state index contributed by atoms with van der Waals surface area (Å²) in [5.41, 5.74) is -0.499. The predicted molar refractivity (Wildman–Crippen MR) is 44.3 cm³/mol. The van der Waals surface area contributed by atoms with E-state index in [1.165, 1.54) is 6.92 Å². The Balaban J connectivity index is 4.25. The van der Waals surface area contributed by atoms with Crippen molar-refractivity contribution in [1.29, 1.82) is 0 Å². The fourth-order valence-electron chi connectivity index (χ4n) is 0.446. The van der Waals surface area contributed by atoms with Crippen molar-refractivity contribution in [1.82, 2.24) is 0 Å². The molecule has 0 bridgehead atoms. The maximum atomic E-state index is 10.9. The van der Waals surface area contributed by atoms with Gasteiger partial charge in [0, 0.05) is 0 Å². The number of hydrogen-bond acceptors (Lipinski definition) is 3. The summed E-state index contributed by atoms with van der Waals surface area (Å²) in [5, 5.41) is 0. The summed E-state index contributed by atoms with van der Waals surface area (Å²) in [6.07, 6.45) is 0. The van der Waals surface area contributed by atoms with E-state index < -0.39 is 11.5 Å². The van der Waals surface area contributed by atoms with Gasteiger partial charge in [0.2, 0.25) is 0 Å². The summed E-state index contributed by atoms with van der Waals surface area (Å²) in [4.78, 5) is 26.5. The van der Waals surface area contributed by atoms with Gasteiger partial charge < -0.3 is 0 Å². The average molecular weight is 172 g/mol. The van der Waals surface area contributed by atoms with Crippen molar-refractivity contribution in [2.45, 2.75) is 33.3 Å². The van der Waals surface area contributed by atoms with E-state index >= 15 is 0 Å². The van der Waals surface area contributed by atoms with Crippen molar-refractivity contribution in [3.63, 3.8) is 0 Å². The van der Waals surface area contributed by atoms with E-state index in [4.69, 9.17) is 4.84 Å². The van der Waals surface area contributed by atoms with E-state index in [-0.39, 0.29) is 10.5 Å². The second-order valence-electron chi connectivity index (χ2n) is 3.55. The van der Waals surface area contributed by atoms with Crippen molar-refractivity contribution in [2.75, 3.05) is 0 Å². The lowest BCUT2D eigenvalue weighted by Crippen LogP contribution is -2.30. The molecule has 68 valence electrons. The Morgan fingerprint density at radius 3 is 2.08 bits per heavy atom. The van der Waals surface area contributed by atoms with Gasteiger partial charge in [-0.3, -0.25) is 0 Å². The van der Waals surface area contributed by atoms with Crippen LogP contribution in [-0.4, -0.2) is 16.4 Å². The molecular weight excluding hydrogens is 158 g/mol. The standard InChI is InChI=1S/C8H14NO3/c1-6(2)7(10)9(11)12-8(3,4)5/h1H2,2-5H3/q+1. The van der Waals surface area contributed by atoms with Gasteiger partial charge in [-0.05, 0) is 27.7 Å². The van der Waals surface area contributed by atoms with E-state index in [0.717, 1.165) is 0 Å². The van der Waals surface area contributed by atoms with Crippen LogP contribution in [0.2, 0.25) is 0 Å². The first-order valence-electron chi connectivity index (χ1n) is 3.60. The highest BCUT2D eigenvalue weighted by molar-refractivity contribution is 5.84. The summed E-state index contributed by atoms with van der Waals surface area (Å²) < 4.78 is 0. The van der Waals surface area contributed by atoms with Gasteiger partial charge in [-0.2, -0.15) is 0 Å². The molecule has 0 unspecified atom stereocenters. The smallest absolute Gasteiger partial charge is 0.218 e. The quantitative estimate of drug-likeness (QED) is 0.469. The van der Waals surface area contributed by atoms with Crippen LogP contribution >= 0.6 is 0 Å². The fraction of sp³-hybridized carbons (Fsp3) is 0.625. The number of rotatable bonds is 2. The molecule has 0 heterocycles. The van der Waals surface area contributed by atoms with Crippen LogP contribution in [0.5, 0.6) is 0 Å². The number of carbonyl (C=O) groups excluding carboxylic acids is 1. The highest BCUT2D eigenvalue weighted by atomic mass is 16.8. The van der Waals surface area contributed by atoms with Crippen LogP contribution in [0.1, 0.15) is 27.7 Å². The fourth-order valence-corrected chi connectivity index (χ4v) is 0.446. The lowest BCUT2D eigenvalue weighted by Gasteiger charge is -2.09. The Labute approximate surface area is 71.7 Å². The SMILES string of the molecule is C=C(C)C(=O)[N+](=O)OC(C)(C)C. The molecule has 12 heavy (non-hydrogen) atoms. The highest BCUT2D eigenvalue weighted by Gasteiger charge is 2.31. The molecule has 4 nitrogen and oxygen atoms in total. The molecule has 0 atom stereocenters. The normalized spacial score (nSPS) is 10.7. The number of hydrogen-bond donors (Lipinski definition) is 0. The Morgan fingerprint density at radius 2 is 1.83 bits per heavy atom. The van der Waals surface area contributed by atoms with Gasteiger partial charge in [0.1, 0.15) is 0 Å². The molecule has 4 heteroatoms. The molecule has 0 saturated heterocycles. The zero-order valence-electron chi connectivity index (χ0n) is 7.88. The van der Waals surface area contributed by atoms with E-state index in [1.807, 2.05) is 0 Å². The maximum Gasteiger partial charge on any atom is 0.517 e. The molecule has 0 saturated carbocycles. The van der Waals surface area contributed by atoms with Gasteiger partial charge in [-0.15, -0.1) is 0 Å². The molecule has 0 aliphatic heterocycles. The molecule has 0 radical (unpaired) electrons. The van der Waals surface area contributed by atoms with Crippen LogP contribution in [0, 0.1) is 4.91 Å². The third kappa shape index (κ3) is 3.85. The van der Waals surface area contributed by atoms with Crippen molar-refractivity contribution >= 4 is 5.91 Å². The van der Waals surface area contributed by atoms with Gasteiger partial charge in [0.05, 0.1) is 10.5 Å². The Bertz CT molecular complexity index is 225. The van der Waals surface area contributed by atoms with Crippen molar-refractivity contribution in [3.8, 4) is 0 Å². The van der Waals surface area contributed by atoms with Crippen LogP contribution < -0.4 is 0 Å². The minimum absolute atomic E-state index is 0.0394. The van der Waals surface area contributed by atoms with Gasteiger partial charge in [-0.25, -0.2) is 9.63 Å². The molecule has 0 aromatic carbocycles. The number of amides is 1. The third-order valence-electron chi connectivity index (χ3n) is 0.888. The highest BCUT2D eigenvalue weighted by Crippen LogP contribution is 2.07. The first-order chi connectivity index (χ1) is 5.24. The second-order valence-corrected chi connectivity index (χ2v) is 3.55. The molecule has 1 amide bonds. The van der Waals surface area contributed by atoms with Crippen LogP contribution in [0.15, 0.2) is 12.2 Å². The summed E-state index contributed by atoms with van der Waals surface area (Å²) in [5.74, 6) is -0.745. The molecule has 0 aliphatic rings. The molecule has 0 fully saturated rings. The van der Waals surface area contributed by atoms with E-state index in [2.05, 4.69) is 6.58 Å².